The highest BCUT2D eigenvalue weighted by Crippen LogP contribution is 2.70. The molecule has 0 aromatic carbocycles. The summed E-state index contributed by atoms with van der Waals surface area (Å²) in [5.74, 6) is -4.07. The number of allylic oxidation sites excluding steroid dienone is 4. The third-order valence-electron chi connectivity index (χ3n) is 8.54. The van der Waals surface area contributed by atoms with E-state index in [1.807, 2.05) is 0 Å². The Morgan fingerprint density at radius 2 is 1.89 bits per heavy atom. The van der Waals surface area contributed by atoms with Crippen molar-refractivity contribution in [3.05, 3.63) is 23.8 Å². The molecular weight excluding hydrogens is 370 g/mol. The molecule has 4 aliphatic rings. The van der Waals surface area contributed by atoms with Crippen LogP contribution in [0.2, 0.25) is 0 Å². The molecule has 3 N–H and O–H groups in total. The fourth-order valence-electron chi connectivity index (χ4n) is 7.00. The first-order valence-corrected chi connectivity index (χ1v) is 9.76. The van der Waals surface area contributed by atoms with E-state index >= 15 is 8.78 Å². The Morgan fingerprint density at radius 3 is 2.50 bits per heavy atom. The zero-order valence-electron chi connectivity index (χ0n) is 16.2. The van der Waals surface area contributed by atoms with Crippen LogP contribution in [-0.2, 0) is 9.59 Å². The molecule has 1 unspecified atom stereocenters. The van der Waals surface area contributed by atoms with Gasteiger partial charge in [0, 0.05) is 16.7 Å². The lowest BCUT2D eigenvalue weighted by atomic mass is 9.44. The third kappa shape index (κ3) is 1.92. The van der Waals surface area contributed by atoms with Gasteiger partial charge in [-0.05, 0) is 55.7 Å². The lowest BCUT2D eigenvalue weighted by Gasteiger charge is -2.62. The molecular formula is C21H26F2O5. The number of rotatable bonds is 1. The number of aliphatic carboxylic acids is 1. The molecule has 28 heavy (non-hydrogen) atoms. The highest BCUT2D eigenvalue weighted by atomic mass is 19.1. The first-order chi connectivity index (χ1) is 12.8. The summed E-state index contributed by atoms with van der Waals surface area (Å²) in [6.07, 6.45) is 0.214. The second-order valence-corrected chi connectivity index (χ2v) is 9.57. The molecule has 0 heterocycles. The van der Waals surface area contributed by atoms with E-state index in [1.54, 1.807) is 13.8 Å². The Labute approximate surface area is 162 Å². The van der Waals surface area contributed by atoms with Crippen LogP contribution in [0.15, 0.2) is 23.8 Å². The molecule has 4 rings (SSSR count). The highest BCUT2D eigenvalue weighted by molar-refractivity contribution is 6.01. The summed E-state index contributed by atoms with van der Waals surface area (Å²) in [6.45, 7) is 4.67. The predicted molar refractivity (Wildman–Crippen MR) is 95.8 cm³/mol. The van der Waals surface area contributed by atoms with E-state index < -0.39 is 63.9 Å². The first-order valence-electron chi connectivity index (χ1n) is 9.76. The largest absolute Gasteiger partial charge is 0.479 e. The maximum absolute atomic E-state index is 16.8. The maximum atomic E-state index is 16.8. The van der Waals surface area contributed by atoms with Gasteiger partial charge in [0.2, 0.25) is 0 Å². The van der Waals surface area contributed by atoms with Crippen molar-refractivity contribution in [2.75, 3.05) is 0 Å². The molecule has 0 aliphatic heterocycles. The SMILES string of the molecule is C[C@@H]1C[C@H]2[C@@H]3C[C@H](F)C4=CC(=O)C=C[C@]4(C)C3(F)[C@@H](O)C[C@]2(C)[C@@]1(O)C(=O)O. The molecule has 0 radical (unpaired) electrons. The van der Waals surface area contributed by atoms with Crippen LogP contribution in [0, 0.1) is 28.6 Å². The number of aliphatic hydroxyl groups excluding tert-OH is 1. The van der Waals surface area contributed by atoms with Crippen LogP contribution in [-0.4, -0.2) is 50.6 Å². The zero-order chi connectivity index (χ0) is 20.9. The van der Waals surface area contributed by atoms with Crippen molar-refractivity contribution < 1.29 is 33.7 Å². The van der Waals surface area contributed by atoms with Gasteiger partial charge in [-0.25, -0.2) is 13.6 Å². The molecule has 154 valence electrons. The lowest BCUT2D eigenvalue weighted by molar-refractivity contribution is -0.229. The van der Waals surface area contributed by atoms with Crippen LogP contribution in [0.3, 0.4) is 0 Å². The van der Waals surface area contributed by atoms with E-state index in [4.69, 9.17) is 0 Å². The summed E-state index contributed by atoms with van der Waals surface area (Å²) in [5, 5.41) is 31.8. The molecule has 9 atom stereocenters. The van der Waals surface area contributed by atoms with E-state index in [-0.39, 0.29) is 24.8 Å². The molecule has 0 aromatic heterocycles. The zero-order valence-corrected chi connectivity index (χ0v) is 16.2. The molecule has 0 bridgehead atoms. The molecule has 5 nitrogen and oxygen atoms in total. The number of aliphatic hydroxyl groups is 2. The Kier molecular flexibility index (Phi) is 3.88. The maximum Gasteiger partial charge on any atom is 0.336 e. The quantitative estimate of drug-likeness (QED) is 0.633. The van der Waals surface area contributed by atoms with Gasteiger partial charge in [0.15, 0.2) is 17.1 Å². The van der Waals surface area contributed by atoms with Crippen LogP contribution < -0.4 is 0 Å². The van der Waals surface area contributed by atoms with Crippen LogP contribution in [0.5, 0.6) is 0 Å². The predicted octanol–water partition coefficient (Wildman–Crippen LogP) is 2.37. The van der Waals surface area contributed by atoms with Crippen LogP contribution in [0.4, 0.5) is 8.78 Å². The first kappa shape index (κ1) is 19.7. The van der Waals surface area contributed by atoms with Crippen molar-refractivity contribution >= 4 is 11.8 Å². The van der Waals surface area contributed by atoms with E-state index in [9.17, 15) is 24.9 Å². The summed E-state index contributed by atoms with van der Waals surface area (Å²) in [6, 6.07) is 0. The number of carboxylic acids is 1. The summed E-state index contributed by atoms with van der Waals surface area (Å²) in [4.78, 5) is 23.7. The van der Waals surface area contributed by atoms with E-state index in [1.165, 1.54) is 19.1 Å². The van der Waals surface area contributed by atoms with Crippen molar-refractivity contribution in [3.8, 4) is 0 Å². The summed E-state index contributed by atoms with van der Waals surface area (Å²) < 4.78 is 31.9. The standard InChI is InChI=1S/C21H26F2O5/c1-10-6-12-13-8-15(22)14-7-11(24)4-5-18(14,2)20(13,23)16(25)9-19(12,3)21(10,28)17(26)27/h4-5,7,10,12-13,15-16,25,28H,6,8-9H2,1-3H3,(H,26,27)/t10-,12+,13+,15+,16+,18+,19+,20?,21+/m1/s1. The van der Waals surface area contributed by atoms with Crippen molar-refractivity contribution in [2.45, 2.75) is 63.6 Å². The molecule has 0 spiro atoms. The number of halogens is 2. The molecule has 4 aliphatic carbocycles. The molecule has 0 amide bonds. The minimum atomic E-state index is -2.26. The number of fused-ring (bicyclic) bond motifs is 5. The average Bonchev–Trinajstić information content (AvgIpc) is 2.81. The number of alkyl halides is 2. The minimum absolute atomic E-state index is 0.0287. The molecule has 0 saturated heterocycles. The summed E-state index contributed by atoms with van der Waals surface area (Å²) in [5.41, 5.74) is -7.14. The van der Waals surface area contributed by atoms with Crippen LogP contribution in [0.1, 0.15) is 40.0 Å². The smallest absolute Gasteiger partial charge is 0.336 e. The average molecular weight is 396 g/mol. The highest BCUT2D eigenvalue weighted by Gasteiger charge is 2.76. The van der Waals surface area contributed by atoms with E-state index in [0.717, 1.165) is 6.08 Å². The van der Waals surface area contributed by atoms with Crippen LogP contribution in [0.25, 0.3) is 0 Å². The minimum Gasteiger partial charge on any atom is -0.479 e. The van der Waals surface area contributed by atoms with Gasteiger partial charge in [-0.2, -0.15) is 0 Å². The van der Waals surface area contributed by atoms with Gasteiger partial charge in [-0.3, -0.25) is 4.79 Å². The van der Waals surface area contributed by atoms with Gasteiger partial charge in [0.05, 0.1) is 6.10 Å². The number of hydrogen-bond acceptors (Lipinski definition) is 4. The van der Waals surface area contributed by atoms with Crippen LogP contribution >= 0.6 is 0 Å². The number of carbonyl (C=O) groups excluding carboxylic acids is 1. The van der Waals surface area contributed by atoms with E-state index in [2.05, 4.69) is 0 Å². The molecule has 7 heteroatoms. The fourth-order valence-corrected chi connectivity index (χ4v) is 7.00. The summed E-state index contributed by atoms with van der Waals surface area (Å²) >= 11 is 0. The van der Waals surface area contributed by atoms with Crippen molar-refractivity contribution in [2.24, 2.45) is 28.6 Å². The van der Waals surface area contributed by atoms with Gasteiger partial charge in [0.1, 0.15) is 6.17 Å². The van der Waals surface area contributed by atoms with Crippen molar-refractivity contribution in [3.63, 3.8) is 0 Å². The van der Waals surface area contributed by atoms with Gasteiger partial charge in [-0.1, -0.05) is 19.9 Å². The van der Waals surface area contributed by atoms with Gasteiger partial charge < -0.3 is 15.3 Å². The third-order valence-corrected chi connectivity index (χ3v) is 8.54. The number of hydrogen-bond donors (Lipinski definition) is 3. The normalized spacial score (nSPS) is 55.2. The molecule has 3 fully saturated rings. The molecule has 3 saturated carbocycles. The van der Waals surface area contributed by atoms with Crippen molar-refractivity contribution in [1.29, 1.82) is 0 Å². The Morgan fingerprint density at radius 1 is 1.25 bits per heavy atom. The van der Waals surface area contributed by atoms with Gasteiger partial charge >= 0.3 is 5.97 Å². The second-order valence-electron chi connectivity index (χ2n) is 9.57. The number of ketones is 1. The second kappa shape index (κ2) is 5.51. The Balaban J connectivity index is 1.88. The molecule has 0 aromatic rings. The fraction of sp³-hybridized carbons (Fsp3) is 0.714. The Hall–Kier alpha value is -1.60. The number of carboxylic acid groups (broad SMARTS) is 1. The topological polar surface area (TPSA) is 94.8 Å². The lowest BCUT2D eigenvalue weighted by Crippen LogP contribution is -2.70. The van der Waals surface area contributed by atoms with Gasteiger partial charge in [0.25, 0.3) is 0 Å². The summed E-state index contributed by atoms with van der Waals surface area (Å²) in [7, 11) is 0. The van der Waals surface area contributed by atoms with Crippen molar-refractivity contribution in [1.82, 2.24) is 0 Å². The monoisotopic (exact) mass is 396 g/mol. The van der Waals surface area contributed by atoms with E-state index in [0.29, 0.717) is 0 Å². The number of carbonyl (C=O) groups is 2. The Bertz CT molecular complexity index is 824. The van der Waals surface area contributed by atoms with Gasteiger partial charge in [-0.15, -0.1) is 0 Å².